The number of rotatable bonds is 4. The van der Waals surface area contributed by atoms with Crippen molar-refractivity contribution in [2.75, 3.05) is 24.2 Å². The van der Waals surface area contributed by atoms with E-state index in [2.05, 4.69) is 20.6 Å². The maximum Gasteiger partial charge on any atom is 0.220 e. The zero-order chi connectivity index (χ0) is 19.7. The Hall–Kier alpha value is -3.61. The normalized spacial score (nSPS) is 13.2. The van der Waals surface area contributed by atoms with E-state index in [9.17, 15) is 4.79 Å². The molecule has 0 bridgehead atoms. The molecule has 142 valence electrons. The Morgan fingerprint density at radius 3 is 2.71 bits per heavy atom. The van der Waals surface area contributed by atoms with Crippen LogP contribution in [0, 0.1) is 5.41 Å². The number of pyridine rings is 1. The molecule has 0 aliphatic carbocycles. The topological polar surface area (TPSA) is 96.9 Å². The van der Waals surface area contributed by atoms with Gasteiger partial charge in [0.1, 0.15) is 0 Å². The molecule has 1 aliphatic rings. The van der Waals surface area contributed by atoms with Gasteiger partial charge in [0.05, 0.1) is 42.1 Å². The fourth-order valence-electron chi connectivity index (χ4n) is 3.55. The van der Waals surface area contributed by atoms with Crippen LogP contribution in [0.15, 0.2) is 48.8 Å². The molecule has 4 N–H and O–H groups in total. The van der Waals surface area contributed by atoms with E-state index >= 15 is 0 Å². The third-order valence-corrected chi connectivity index (χ3v) is 4.93. The van der Waals surface area contributed by atoms with Gasteiger partial charge in [0, 0.05) is 42.7 Å². The number of nitrogens with zero attached hydrogens (tertiary/aromatic N) is 2. The van der Waals surface area contributed by atoms with Crippen molar-refractivity contribution >= 4 is 28.7 Å². The first-order valence-corrected chi connectivity index (χ1v) is 9.11. The number of H-pyrrole nitrogens is 1. The first-order valence-electron chi connectivity index (χ1n) is 9.11. The van der Waals surface area contributed by atoms with Gasteiger partial charge in [-0.25, -0.2) is 0 Å². The SMILES string of the molecule is CNc1cnccc1-c1[nH]c2c(c1Nc1ccccc1)C(=N)CN(C(C)=O)C2. The summed E-state index contributed by atoms with van der Waals surface area (Å²) in [4.78, 5) is 21.2. The number of nitrogens with one attached hydrogen (secondary N) is 4. The zero-order valence-corrected chi connectivity index (χ0v) is 15.8. The van der Waals surface area contributed by atoms with Crippen molar-refractivity contribution < 1.29 is 4.79 Å². The second-order valence-electron chi connectivity index (χ2n) is 6.74. The van der Waals surface area contributed by atoms with Gasteiger partial charge >= 0.3 is 0 Å². The molecule has 0 fully saturated rings. The Bertz CT molecular complexity index is 1040. The van der Waals surface area contributed by atoms with Gasteiger partial charge in [-0.15, -0.1) is 0 Å². The fourth-order valence-corrected chi connectivity index (χ4v) is 3.55. The summed E-state index contributed by atoms with van der Waals surface area (Å²) in [6.45, 7) is 2.29. The summed E-state index contributed by atoms with van der Waals surface area (Å²) in [6.07, 6.45) is 3.52. The second-order valence-corrected chi connectivity index (χ2v) is 6.74. The number of anilines is 3. The number of benzene rings is 1. The number of aromatic amines is 1. The predicted octanol–water partition coefficient (Wildman–Crippen LogP) is 3.59. The molecule has 1 amide bonds. The van der Waals surface area contributed by atoms with Crippen LogP contribution in [-0.2, 0) is 11.3 Å². The summed E-state index contributed by atoms with van der Waals surface area (Å²) < 4.78 is 0. The lowest BCUT2D eigenvalue weighted by atomic mass is 10.0. The van der Waals surface area contributed by atoms with Crippen LogP contribution in [0.5, 0.6) is 0 Å². The van der Waals surface area contributed by atoms with Crippen molar-refractivity contribution in [2.24, 2.45) is 0 Å². The van der Waals surface area contributed by atoms with Crippen LogP contribution >= 0.6 is 0 Å². The van der Waals surface area contributed by atoms with Crippen molar-refractivity contribution in [3.8, 4) is 11.3 Å². The number of carbonyl (C=O) groups excluding carboxylic acids is 1. The lowest BCUT2D eigenvalue weighted by Gasteiger charge is -2.27. The summed E-state index contributed by atoms with van der Waals surface area (Å²) in [5.41, 5.74) is 6.59. The quantitative estimate of drug-likeness (QED) is 0.561. The maximum absolute atomic E-state index is 11.9. The van der Waals surface area contributed by atoms with Crippen LogP contribution in [0.3, 0.4) is 0 Å². The van der Waals surface area contributed by atoms with E-state index < -0.39 is 0 Å². The van der Waals surface area contributed by atoms with Gasteiger partial charge in [0.25, 0.3) is 0 Å². The van der Waals surface area contributed by atoms with Crippen molar-refractivity contribution in [1.29, 1.82) is 5.41 Å². The van der Waals surface area contributed by atoms with Crippen LogP contribution in [-0.4, -0.2) is 40.1 Å². The fraction of sp³-hybridized carbons (Fsp3) is 0.190. The van der Waals surface area contributed by atoms with Gasteiger partial charge in [-0.3, -0.25) is 9.78 Å². The minimum atomic E-state index is -0.0380. The molecule has 0 unspecified atom stereocenters. The monoisotopic (exact) mass is 374 g/mol. The van der Waals surface area contributed by atoms with Gasteiger partial charge in [0.2, 0.25) is 5.91 Å². The highest BCUT2D eigenvalue weighted by atomic mass is 16.2. The molecule has 1 aliphatic heterocycles. The number of para-hydroxylation sites is 1. The van der Waals surface area contributed by atoms with Gasteiger partial charge in [0.15, 0.2) is 0 Å². The van der Waals surface area contributed by atoms with Crippen molar-refractivity contribution in [3.05, 3.63) is 60.0 Å². The molecular weight excluding hydrogens is 352 g/mol. The van der Waals surface area contributed by atoms with Crippen LogP contribution in [0.25, 0.3) is 11.3 Å². The van der Waals surface area contributed by atoms with Gasteiger partial charge in [-0.1, -0.05) is 18.2 Å². The Morgan fingerprint density at radius 1 is 1.21 bits per heavy atom. The highest BCUT2D eigenvalue weighted by Crippen LogP contribution is 2.40. The van der Waals surface area contributed by atoms with Crippen LogP contribution in [0.4, 0.5) is 17.1 Å². The second kappa shape index (κ2) is 7.19. The van der Waals surface area contributed by atoms with E-state index in [-0.39, 0.29) is 5.91 Å². The van der Waals surface area contributed by atoms with Crippen molar-refractivity contribution in [2.45, 2.75) is 13.5 Å². The van der Waals surface area contributed by atoms with Gasteiger partial charge in [-0.2, -0.15) is 0 Å². The molecule has 0 saturated heterocycles. The molecule has 0 saturated carbocycles. The van der Waals surface area contributed by atoms with Crippen molar-refractivity contribution in [1.82, 2.24) is 14.9 Å². The number of hydrogen-bond acceptors (Lipinski definition) is 5. The zero-order valence-electron chi connectivity index (χ0n) is 15.8. The Morgan fingerprint density at radius 2 is 2.00 bits per heavy atom. The number of aromatic nitrogens is 2. The minimum Gasteiger partial charge on any atom is -0.386 e. The Labute approximate surface area is 163 Å². The maximum atomic E-state index is 11.9. The average Bonchev–Trinajstić information content (AvgIpc) is 3.07. The summed E-state index contributed by atoms with van der Waals surface area (Å²) in [5, 5.41) is 15.2. The molecule has 0 spiro atoms. The standard InChI is InChI=1S/C21H22N6O/c1-13(28)27-11-16(22)19-18(12-27)26-20(15-8-9-24-10-17(15)23-2)21(19)25-14-6-4-3-5-7-14/h3-10,22-23,25-26H,11-12H2,1-2H3. The summed E-state index contributed by atoms with van der Waals surface area (Å²) in [6, 6.07) is 11.8. The lowest BCUT2D eigenvalue weighted by Crippen LogP contribution is -2.38. The molecule has 7 heteroatoms. The smallest absolute Gasteiger partial charge is 0.220 e. The molecule has 3 heterocycles. The number of hydrogen-bond donors (Lipinski definition) is 4. The minimum absolute atomic E-state index is 0.0380. The summed E-state index contributed by atoms with van der Waals surface area (Å²) >= 11 is 0. The van der Waals surface area contributed by atoms with E-state index in [1.165, 1.54) is 6.92 Å². The Kier molecular flexibility index (Phi) is 4.57. The van der Waals surface area contributed by atoms with Crippen LogP contribution in [0.2, 0.25) is 0 Å². The van der Waals surface area contributed by atoms with Gasteiger partial charge in [-0.05, 0) is 18.2 Å². The Balaban J connectivity index is 1.89. The molecular formula is C21H22N6O. The van der Waals surface area contributed by atoms with E-state index in [0.717, 1.165) is 39.6 Å². The van der Waals surface area contributed by atoms with Crippen molar-refractivity contribution in [3.63, 3.8) is 0 Å². The highest BCUT2D eigenvalue weighted by molar-refractivity contribution is 6.11. The average molecular weight is 374 g/mol. The highest BCUT2D eigenvalue weighted by Gasteiger charge is 2.30. The van der Waals surface area contributed by atoms with Crippen LogP contribution in [0.1, 0.15) is 18.2 Å². The number of amides is 1. The number of carbonyl (C=O) groups is 1. The largest absolute Gasteiger partial charge is 0.386 e. The summed E-state index contributed by atoms with van der Waals surface area (Å²) in [7, 11) is 1.85. The molecule has 3 aromatic rings. The van der Waals surface area contributed by atoms with E-state index in [0.29, 0.717) is 18.8 Å². The summed E-state index contributed by atoms with van der Waals surface area (Å²) in [5.74, 6) is -0.0380. The molecule has 2 aromatic heterocycles. The van der Waals surface area contributed by atoms with Crippen LogP contribution < -0.4 is 10.6 Å². The molecule has 7 nitrogen and oxygen atoms in total. The first-order chi connectivity index (χ1) is 13.6. The van der Waals surface area contributed by atoms with E-state index in [1.54, 1.807) is 17.3 Å². The third-order valence-electron chi connectivity index (χ3n) is 4.93. The van der Waals surface area contributed by atoms with E-state index in [4.69, 9.17) is 5.41 Å². The third kappa shape index (κ3) is 3.11. The van der Waals surface area contributed by atoms with E-state index in [1.807, 2.05) is 43.4 Å². The van der Waals surface area contributed by atoms with Gasteiger partial charge < -0.3 is 25.9 Å². The molecule has 1 aromatic carbocycles. The molecule has 28 heavy (non-hydrogen) atoms. The lowest BCUT2D eigenvalue weighted by molar-refractivity contribution is -0.128. The molecule has 0 radical (unpaired) electrons. The predicted molar refractivity (Wildman–Crippen MR) is 111 cm³/mol. The number of fused-ring (bicyclic) bond motifs is 1. The first kappa shape index (κ1) is 17.8. The molecule has 4 rings (SSSR count). The molecule has 0 atom stereocenters.